The Morgan fingerprint density at radius 2 is 1.82 bits per heavy atom. The summed E-state index contributed by atoms with van der Waals surface area (Å²) >= 11 is 0. The lowest BCUT2D eigenvalue weighted by Crippen LogP contribution is -2.50. The smallest absolute Gasteiger partial charge is 0.349 e. The summed E-state index contributed by atoms with van der Waals surface area (Å²) in [7, 11) is 0. The zero-order valence-electron chi connectivity index (χ0n) is 8.60. The van der Waals surface area contributed by atoms with Gasteiger partial charge in [-0.15, -0.1) is 0 Å². The van der Waals surface area contributed by atoms with Crippen molar-refractivity contribution in [1.29, 1.82) is 5.41 Å². The van der Waals surface area contributed by atoms with Crippen molar-refractivity contribution >= 4 is 23.9 Å². The fraction of sp³-hybridized carbons (Fsp3) is 0.429. The monoisotopic (exact) mass is 248 g/mol. The summed E-state index contributed by atoms with van der Waals surface area (Å²) < 4.78 is 4.45. The number of hydrogen-bond donors (Lipinski definition) is 6. The van der Waals surface area contributed by atoms with Gasteiger partial charge in [0.2, 0.25) is 11.5 Å². The van der Waals surface area contributed by atoms with Crippen LogP contribution in [0.4, 0.5) is 0 Å². The lowest BCUT2D eigenvalue weighted by Gasteiger charge is -2.26. The average molecular weight is 248 g/mol. The highest BCUT2D eigenvalue weighted by molar-refractivity contribution is 5.92. The molecule has 0 saturated heterocycles. The first-order valence-electron chi connectivity index (χ1n) is 4.21. The maximum Gasteiger partial charge on any atom is 0.349 e. The van der Waals surface area contributed by atoms with Crippen molar-refractivity contribution < 1.29 is 29.3 Å². The molecule has 0 spiro atoms. The van der Waals surface area contributed by atoms with Crippen LogP contribution in [0, 0.1) is 5.41 Å². The molecule has 0 fully saturated rings. The quantitative estimate of drug-likeness (QED) is 0.0982. The number of nitrogens with one attached hydrogen (secondary N) is 2. The number of carbonyl (C=O) groups is 3. The summed E-state index contributed by atoms with van der Waals surface area (Å²) in [6.45, 7) is 0. The third kappa shape index (κ3) is 4.34. The molecule has 96 valence electrons. The van der Waals surface area contributed by atoms with Crippen LogP contribution in [0.2, 0.25) is 0 Å². The van der Waals surface area contributed by atoms with Crippen LogP contribution < -0.4 is 17.0 Å². The molecular weight excluding hydrogens is 236 g/mol. The number of hydrazine groups is 1. The van der Waals surface area contributed by atoms with E-state index in [1.54, 1.807) is 5.43 Å². The van der Waals surface area contributed by atoms with E-state index in [9.17, 15) is 14.4 Å². The third-order valence-corrected chi connectivity index (χ3v) is 1.74. The second-order valence-electron chi connectivity index (χ2n) is 3.08. The second-order valence-corrected chi connectivity index (χ2v) is 3.08. The molecule has 1 atom stereocenters. The molecule has 0 aromatic carbocycles. The maximum absolute atomic E-state index is 11.0. The molecule has 0 heterocycles. The van der Waals surface area contributed by atoms with Crippen molar-refractivity contribution in [2.24, 2.45) is 11.6 Å². The molecule has 0 aliphatic rings. The van der Waals surface area contributed by atoms with Crippen molar-refractivity contribution in [2.75, 3.05) is 0 Å². The van der Waals surface area contributed by atoms with Crippen molar-refractivity contribution in [2.45, 2.75) is 18.4 Å². The Morgan fingerprint density at radius 3 is 2.12 bits per heavy atom. The highest BCUT2D eigenvalue weighted by atomic mass is 16.5. The van der Waals surface area contributed by atoms with Gasteiger partial charge in [-0.25, -0.2) is 10.6 Å². The van der Waals surface area contributed by atoms with Crippen molar-refractivity contribution in [1.82, 2.24) is 5.43 Å². The highest BCUT2D eigenvalue weighted by Crippen LogP contribution is 2.21. The molecular formula is C7H12N4O6. The number of ether oxygens (including phenoxy) is 1. The molecule has 0 rings (SSSR count). The van der Waals surface area contributed by atoms with E-state index in [1.165, 1.54) is 0 Å². The zero-order valence-corrected chi connectivity index (χ0v) is 8.60. The van der Waals surface area contributed by atoms with Gasteiger partial charge in [0.15, 0.2) is 0 Å². The third-order valence-electron chi connectivity index (χ3n) is 1.74. The Bertz CT molecular complexity index is 338. The van der Waals surface area contributed by atoms with Crippen LogP contribution in [0.1, 0.15) is 12.8 Å². The fourth-order valence-corrected chi connectivity index (χ4v) is 1.09. The Morgan fingerprint density at radius 1 is 1.29 bits per heavy atom. The number of rotatable bonds is 6. The van der Waals surface area contributed by atoms with E-state index in [-0.39, 0.29) is 0 Å². The number of hydrogen-bond acceptors (Lipinski definition) is 6. The standard InChI is InChI=1S/C7H12N4O6/c8-6(9)17-7(5(15)16,2-4(13)14)1-3(12)11-10/h1-2,10H2,(H3,8,9)(H,11,12)(H,13,14)(H,15,16). The lowest BCUT2D eigenvalue weighted by atomic mass is 9.95. The molecule has 10 nitrogen and oxygen atoms in total. The molecule has 0 aromatic heterocycles. The number of aliphatic carboxylic acids is 2. The predicted molar refractivity (Wildman–Crippen MR) is 52.6 cm³/mol. The molecule has 0 aliphatic heterocycles. The van der Waals surface area contributed by atoms with Gasteiger partial charge in [0.25, 0.3) is 6.02 Å². The molecule has 0 aliphatic carbocycles. The maximum atomic E-state index is 11.0. The number of amides is 1. The molecule has 1 unspecified atom stereocenters. The SMILES string of the molecule is N=C(N)OC(CC(=O)O)(CC(=O)NN)C(=O)O. The van der Waals surface area contributed by atoms with Gasteiger partial charge in [-0.3, -0.25) is 20.4 Å². The van der Waals surface area contributed by atoms with Crippen molar-refractivity contribution in [3.8, 4) is 0 Å². The van der Waals surface area contributed by atoms with Gasteiger partial charge in [-0.05, 0) is 0 Å². The molecule has 10 heteroatoms. The van der Waals surface area contributed by atoms with E-state index >= 15 is 0 Å². The Hall–Kier alpha value is -2.36. The Labute approximate surface area is 95.0 Å². The number of carboxylic acids is 2. The minimum absolute atomic E-state index is 0.884. The number of carboxylic acid groups (broad SMARTS) is 2. The van der Waals surface area contributed by atoms with Gasteiger partial charge in [-0.1, -0.05) is 0 Å². The molecule has 0 aromatic rings. The summed E-state index contributed by atoms with van der Waals surface area (Å²) in [6, 6.07) is -1.02. The van der Waals surface area contributed by atoms with Gasteiger partial charge < -0.3 is 20.7 Å². The van der Waals surface area contributed by atoms with Crippen molar-refractivity contribution in [3.63, 3.8) is 0 Å². The number of nitrogens with two attached hydrogens (primary N) is 2. The zero-order chi connectivity index (χ0) is 13.6. The van der Waals surface area contributed by atoms with Gasteiger partial charge >= 0.3 is 11.9 Å². The summed E-state index contributed by atoms with van der Waals surface area (Å²) in [5, 5.41) is 24.3. The lowest BCUT2D eigenvalue weighted by molar-refractivity contribution is -0.166. The van der Waals surface area contributed by atoms with E-state index < -0.39 is 42.3 Å². The fourth-order valence-electron chi connectivity index (χ4n) is 1.09. The van der Waals surface area contributed by atoms with E-state index in [0.29, 0.717) is 0 Å². The molecule has 17 heavy (non-hydrogen) atoms. The van der Waals surface area contributed by atoms with Crippen molar-refractivity contribution in [3.05, 3.63) is 0 Å². The molecule has 0 radical (unpaired) electrons. The second kappa shape index (κ2) is 5.65. The summed E-state index contributed by atoms with van der Waals surface area (Å²) in [6.07, 6.45) is -1.93. The highest BCUT2D eigenvalue weighted by Gasteiger charge is 2.46. The normalized spacial score (nSPS) is 13.2. The predicted octanol–water partition coefficient (Wildman–Crippen LogP) is -2.43. The number of amidine groups is 1. The van der Waals surface area contributed by atoms with Gasteiger partial charge in [0.05, 0.1) is 12.8 Å². The van der Waals surface area contributed by atoms with Crippen LogP contribution in [-0.4, -0.2) is 39.7 Å². The molecule has 0 saturated carbocycles. The summed E-state index contributed by atoms with van der Waals surface area (Å²) in [4.78, 5) is 32.5. The van der Waals surface area contributed by atoms with E-state index in [1.807, 2.05) is 0 Å². The van der Waals surface area contributed by atoms with Crippen LogP contribution in [-0.2, 0) is 19.1 Å². The molecule has 0 bridgehead atoms. The largest absolute Gasteiger partial charge is 0.481 e. The van der Waals surface area contributed by atoms with Crippen LogP contribution in [0.5, 0.6) is 0 Å². The van der Waals surface area contributed by atoms with Gasteiger partial charge in [0.1, 0.15) is 0 Å². The first kappa shape index (κ1) is 14.6. The van der Waals surface area contributed by atoms with E-state index in [4.69, 9.17) is 27.2 Å². The van der Waals surface area contributed by atoms with Crippen LogP contribution in [0.3, 0.4) is 0 Å². The summed E-state index contributed by atoms with van der Waals surface area (Å²) in [5.41, 5.74) is 4.03. The first-order valence-corrected chi connectivity index (χ1v) is 4.21. The van der Waals surface area contributed by atoms with E-state index in [0.717, 1.165) is 0 Å². The van der Waals surface area contributed by atoms with Crippen LogP contribution >= 0.6 is 0 Å². The first-order chi connectivity index (χ1) is 7.73. The topological polar surface area (TPSA) is 189 Å². The van der Waals surface area contributed by atoms with Gasteiger partial charge in [0, 0.05) is 0 Å². The van der Waals surface area contributed by atoms with Crippen LogP contribution in [0.15, 0.2) is 0 Å². The number of carbonyl (C=O) groups excluding carboxylic acids is 1. The average Bonchev–Trinajstić information content (AvgIpc) is 2.14. The van der Waals surface area contributed by atoms with E-state index in [2.05, 4.69) is 4.74 Å². The summed E-state index contributed by atoms with van der Waals surface area (Å²) in [5.74, 6) is 0.531. The minimum atomic E-state index is -2.46. The van der Waals surface area contributed by atoms with Gasteiger partial charge in [-0.2, -0.15) is 0 Å². The minimum Gasteiger partial charge on any atom is -0.481 e. The van der Waals surface area contributed by atoms with Crippen LogP contribution in [0.25, 0.3) is 0 Å². The molecule has 8 N–H and O–H groups in total. The Balaban J connectivity index is 5.22. The Kier molecular flexibility index (Phi) is 4.87. The molecule has 1 amide bonds.